The summed E-state index contributed by atoms with van der Waals surface area (Å²) in [4.78, 5) is 25.6. The van der Waals surface area contributed by atoms with Gasteiger partial charge in [-0.1, -0.05) is 6.92 Å². The molecule has 0 saturated carbocycles. The van der Waals surface area contributed by atoms with E-state index in [0.29, 0.717) is 37.7 Å². The van der Waals surface area contributed by atoms with Crippen molar-refractivity contribution in [3.05, 3.63) is 81.9 Å². The van der Waals surface area contributed by atoms with E-state index in [1.807, 2.05) is 4.90 Å². The molecule has 15 heteroatoms. The highest BCUT2D eigenvalue weighted by Crippen LogP contribution is 2.47. The molecule has 1 saturated heterocycles. The van der Waals surface area contributed by atoms with Crippen molar-refractivity contribution in [1.29, 1.82) is 5.26 Å². The average molecular weight is 663 g/mol. The van der Waals surface area contributed by atoms with E-state index in [4.69, 9.17) is 20.2 Å². The summed E-state index contributed by atoms with van der Waals surface area (Å²) in [5.41, 5.74) is 4.42. The molecule has 9 nitrogen and oxygen atoms in total. The minimum atomic E-state index is -4.71. The number of carbonyl (C=O) groups excluding carboxylic acids is 1. The second-order valence-corrected chi connectivity index (χ2v) is 11.4. The summed E-state index contributed by atoms with van der Waals surface area (Å²) in [5, 5.41) is 9.44. The zero-order valence-corrected chi connectivity index (χ0v) is 25.6. The Balaban J connectivity index is 1.68. The van der Waals surface area contributed by atoms with Gasteiger partial charge in [-0.15, -0.1) is 0 Å². The molecule has 1 aromatic heterocycles. The summed E-state index contributed by atoms with van der Waals surface area (Å²) in [6.45, 7) is 4.99. The number of aromatic nitrogens is 2. The van der Waals surface area contributed by atoms with E-state index in [9.17, 15) is 36.4 Å². The van der Waals surface area contributed by atoms with Gasteiger partial charge in [0, 0.05) is 25.4 Å². The van der Waals surface area contributed by atoms with Crippen LogP contribution in [0.2, 0.25) is 0 Å². The Morgan fingerprint density at radius 3 is 2.38 bits per heavy atom. The Bertz CT molecular complexity index is 1690. The van der Waals surface area contributed by atoms with Crippen LogP contribution in [0.1, 0.15) is 71.9 Å². The molecule has 0 radical (unpaired) electrons. The molecule has 2 aliphatic heterocycles. The Morgan fingerprint density at radius 2 is 1.77 bits per heavy atom. The number of morpholine rings is 1. The Kier molecular flexibility index (Phi) is 9.38. The first kappa shape index (κ1) is 33.9. The van der Waals surface area contributed by atoms with Crippen LogP contribution in [-0.2, 0) is 28.2 Å². The zero-order chi connectivity index (χ0) is 34.1. The third kappa shape index (κ3) is 6.98. The molecule has 47 heavy (non-hydrogen) atoms. The van der Waals surface area contributed by atoms with Crippen molar-refractivity contribution < 1.29 is 40.6 Å². The standard InChI is InChI=1S/C32H32F6N6O3/c1-3-30(40)16-24(23-15-21(31(33,34)35)5-6-26(23)44(30)29(45)47-4-2)28-41-18-27(43-7-9-46-10-8-43)25(42-28)14-19-11-20(17-39)13-22(12-19)32(36,37)38/h5-6,11-13,15,18,24H,3-4,7-10,14,16,40H2,1-2H3/t24-,30+/m0/s1. The normalized spacial score (nSPS) is 20.0. The van der Waals surface area contributed by atoms with Gasteiger partial charge in [-0.25, -0.2) is 14.8 Å². The lowest BCUT2D eigenvalue weighted by Crippen LogP contribution is -2.61. The number of nitriles is 1. The van der Waals surface area contributed by atoms with Gasteiger partial charge in [-0.05, 0) is 67.3 Å². The number of hydrogen-bond donors (Lipinski definition) is 1. The predicted molar refractivity (Wildman–Crippen MR) is 159 cm³/mol. The van der Waals surface area contributed by atoms with Crippen LogP contribution in [0.25, 0.3) is 0 Å². The lowest BCUT2D eigenvalue weighted by atomic mass is 9.80. The molecule has 5 rings (SSSR count). The maximum absolute atomic E-state index is 13.9. The largest absolute Gasteiger partial charge is 0.449 e. The second-order valence-electron chi connectivity index (χ2n) is 11.4. The highest BCUT2D eigenvalue weighted by molar-refractivity contribution is 5.91. The van der Waals surface area contributed by atoms with Gasteiger partial charge in [0.15, 0.2) is 0 Å². The van der Waals surface area contributed by atoms with Gasteiger partial charge in [-0.2, -0.15) is 31.6 Å². The first-order chi connectivity index (χ1) is 22.2. The maximum atomic E-state index is 13.9. The Labute approximate surface area is 266 Å². The fourth-order valence-corrected chi connectivity index (χ4v) is 6.02. The van der Waals surface area contributed by atoms with Crippen LogP contribution in [0.4, 0.5) is 42.5 Å². The first-order valence-electron chi connectivity index (χ1n) is 14.9. The van der Waals surface area contributed by atoms with Crippen molar-refractivity contribution in [3.63, 3.8) is 0 Å². The fraction of sp³-hybridized carbons (Fsp3) is 0.438. The highest BCUT2D eigenvalue weighted by atomic mass is 19.4. The van der Waals surface area contributed by atoms with E-state index >= 15 is 0 Å². The number of nitrogens with zero attached hydrogens (tertiary/aromatic N) is 5. The quantitative estimate of drug-likeness (QED) is 0.303. The summed E-state index contributed by atoms with van der Waals surface area (Å²) in [5.74, 6) is -0.853. The van der Waals surface area contributed by atoms with Gasteiger partial charge >= 0.3 is 18.4 Å². The van der Waals surface area contributed by atoms with Crippen LogP contribution in [0.15, 0.2) is 42.6 Å². The summed E-state index contributed by atoms with van der Waals surface area (Å²) in [6, 6.07) is 7.77. The van der Waals surface area contributed by atoms with Crippen LogP contribution >= 0.6 is 0 Å². The molecule has 1 amide bonds. The molecule has 250 valence electrons. The number of carbonyl (C=O) groups is 1. The lowest BCUT2D eigenvalue weighted by Gasteiger charge is -2.46. The molecule has 0 unspecified atom stereocenters. The van der Waals surface area contributed by atoms with Gasteiger partial charge in [0.2, 0.25) is 0 Å². The molecule has 2 aromatic carbocycles. The average Bonchev–Trinajstić information content (AvgIpc) is 3.03. The number of hydrogen-bond acceptors (Lipinski definition) is 8. The second kappa shape index (κ2) is 13.0. The van der Waals surface area contributed by atoms with Gasteiger partial charge in [-0.3, -0.25) is 4.90 Å². The van der Waals surface area contributed by atoms with E-state index in [1.54, 1.807) is 19.9 Å². The summed E-state index contributed by atoms with van der Waals surface area (Å²) < 4.78 is 93.7. The van der Waals surface area contributed by atoms with Crippen molar-refractivity contribution in [2.75, 3.05) is 42.7 Å². The SMILES string of the molecule is CCOC(=O)N1c2ccc(C(F)(F)F)cc2[C@@H](c2ncc(N3CCOCC3)c(Cc3cc(C#N)cc(C(F)(F)F)c3)n2)C[C@@]1(N)CC. The number of nitrogens with two attached hydrogens (primary N) is 1. The van der Waals surface area contributed by atoms with E-state index in [2.05, 4.69) is 4.98 Å². The fourth-order valence-electron chi connectivity index (χ4n) is 6.02. The number of anilines is 2. The van der Waals surface area contributed by atoms with Crippen LogP contribution in [0.5, 0.6) is 0 Å². The van der Waals surface area contributed by atoms with Crippen LogP contribution < -0.4 is 15.5 Å². The van der Waals surface area contributed by atoms with E-state index in [1.165, 1.54) is 18.3 Å². The number of fused-ring (bicyclic) bond motifs is 1. The molecule has 3 aromatic rings. The van der Waals surface area contributed by atoms with Gasteiger partial charge < -0.3 is 20.1 Å². The van der Waals surface area contributed by atoms with Gasteiger partial charge in [0.05, 0.1) is 65.8 Å². The minimum absolute atomic E-state index is 0.00700. The number of alkyl halides is 6. The number of rotatable bonds is 6. The monoisotopic (exact) mass is 662 g/mol. The zero-order valence-electron chi connectivity index (χ0n) is 25.6. The molecule has 2 N–H and O–H groups in total. The number of halogens is 6. The number of amides is 1. The van der Waals surface area contributed by atoms with Crippen LogP contribution in [0.3, 0.4) is 0 Å². The molecule has 0 aliphatic carbocycles. The topological polar surface area (TPSA) is 118 Å². The van der Waals surface area contributed by atoms with Gasteiger partial charge in [0.25, 0.3) is 0 Å². The Morgan fingerprint density at radius 1 is 1.06 bits per heavy atom. The van der Waals surface area contributed by atoms with Crippen molar-refractivity contribution >= 4 is 17.5 Å². The number of benzene rings is 2. The molecular formula is C32H32F6N6O3. The molecule has 2 aliphatic rings. The van der Waals surface area contributed by atoms with Crippen LogP contribution in [0, 0.1) is 11.3 Å². The van der Waals surface area contributed by atoms with Crippen molar-refractivity contribution in [1.82, 2.24) is 9.97 Å². The molecule has 3 heterocycles. The summed E-state index contributed by atoms with van der Waals surface area (Å²) >= 11 is 0. The molecule has 2 atom stereocenters. The van der Waals surface area contributed by atoms with E-state index in [-0.39, 0.29) is 54.1 Å². The molecule has 0 spiro atoms. The van der Waals surface area contributed by atoms with Crippen molar-refractivity contribution in [3.8, 4) is 6.07 Å². The lowest BCUT2D eigenvalue weighted by molar-refractivity contribution is -0.138. The van der Waals surface area contributed by atoms with E-state index in [0.717, 1.165) is 29.2 Å². The van der Waals surface area contributed by atoms with Crippen LogP contribution in [-0.4, -0.2) is 54.6 Å². The maximum Gasteiger partial charge on any atom is 0.416 e. The third-order valence-corrected chi connectivity index (χ3v) is 8.39. The summed E-state index contributed by atoms with van der Waals surface area (Å²) in [6.07, 6.45) is -8.75. The summed E-state index contributed by atoms with van der Waals surface area (Å²) in [7, 11) is 0. The third-order valence-electron chi connectivity index (χ3n) is 8.39. The van der Waals surface area contributed by atoms with Crippen molar-refractivity contribution in [2.24, 2.45) is 5.73 Å². The molecule has 0 bridgehead atoms. The smallest absolute Gasteiger partial charge is 0.416 e. The highest BCUT2D eigenvalue weighted by Gasteiger charge is 2.47. The number of ether oxygens (including phenoxy) is 2. The van der Waals surface area contributed by atoms with Gasteiger partial charge in [0.1, 0.15) is 11.5 Å². The van der Waals surface area contributed by atoms with E-state index < -0.39 is 41.2 Å². The molecular weight excluding hydrogens is 630 g/mol. The van der Waals surface area contributed by atoms with Crippen molar-refractivity contribution in [2.45, 2.75) is 57.0 Å². The Hall–Kier alpha value is -4.42. The first-order valence-corrected chi connectivity index (χ1v) is 14.9. The molecule has 1 fully saturated rings. The minimum Gasteiger partial charge on any atom is -0.449 e. The predicted octanol–water partition coefficient (Wildman–Crippen LogP) is 6.38.